The maximum Gasteiger partial charge on any atom is 0.410 e. The number of amides is 1. The van der Waals surface area contributed by atoms with Crippen molar-refractivity contribution in [1.82, 2.24) is 9.80 Å². The molecule has 1 heterocycles. The van der Waals surface area contributed by atoms with Crippen molar-refractivity contribution < 1.29 is 14.3 Å². The van der Waals surface area contributed by atoms with Crippen molar-refractivity contribution in [3.63, 3.8) is 0 Å². The molecular formula is C20H30ClN5O3. The number of ether oxygens (including phenoxy) is 2. The maximum atomic E-state index is 12.3. The molecule has 1 saturated heterocycles. The number of hydrogen-bond acceptors (Lipinski definition) is 7. The summed E-state index contributed by atoms with van der Waals surface area (Å²) in [7, 11) is 1.56. The molecule has 0 aromatic heterocycles. The second-order valence-electron chi connectivity index (χ2n) is 7.74. The van der Waals surface area contributed by atoms with E-state index in [-0.39, 0.29) is 11.9 Å². The summed E-state index contributed by atoms with van der Waals surface area (Å²) in [5.41, 5.74) is 19.3. The number of nitrogens with two attached hydrogens (primary N) is 3. The second kappa shape index (κ2) is 9.17. The van der Waals surface area contributed by atoms with E-state index in [4.69, 9.17) is 38.3 Å². The zero-order chi connectivity index (χ0) is 21.8. The van der Waals surface area contributed by atoms with Crippen LogP contribution in [0.3, 0.4) is 0 Å². The van der Waals surface area contributed by atoms with Gasteiger partial charge in [0.15, 0.2) is 0 Å². The summed E-state index contributed by atoms with van der Waals surface area (Å²) < 4.78 is 10.8. The highest BCUT2D eigenvalue weighted by molar-refractivity contribution is 6.30. The Morgan fingerprint density at radius 3 is 2.21 bits per heavy atom. The molecule has 9 heteroatoms. The number of nitrogens with zero attached hydrogens (tertiary/aromatic N) is 2. The van der Waals surface area contributed by atoms with E-state index in [2.05, 4.69) is 0 Å². The molecule has 1 aromatic rings. The van der Waals surface area contributed by atoms with Crippen molar-refractivity contribution in [2.75, 3.05) is 33.3 Å². The molecule has 0 atom stereocenters. The maximum absolute atomic E-state index is 12.3. The van der Waals surface area contributed by atoms with Gasteiger partial charge in [-0.2, -0.15) is 0 Å². The van der Waals surface area contributed by atoms with Crippen LogP contribution in [0, 0.1) is 0 Å². The molecule has 1 fully saturated rings. The number of rotatable bonds is 4. The molecule has 0 bridgehead atoms. The van der Waals surface area contributed by atoms with Gasteiger partial charge in [-0.3, -0.25) is 0 Å². The largest absolute Gasteiger partial charge is 0.496 e. The number of hydrogen-bond donors (Lipinski definition) is 3. The summed E-state index contributed by atoms with van der Waals surface area (Å²) >= 11 is 6.10. The zero-order valence-electron chi connectivity index (χ0n) is 17.4. The predicted molar refractivity (Wildman–Crippen MR) is 115 cm³/mol. The van der Waals surface area contributed by atoms with E-state index in [1.54, 1.807) is 36.3 Å². The highest BCUT2D eigenvalue weighted by Gasteiger charge is 2.27. The normalized spacial score (nSPS) is 15.1. The molecule has 1 aliphatic rings. The van der Waals surface area contributed by atoms with Crippen LogP contribution in [-0.2, 0) is 4.74 Å². The van der Waals surface area contributed by atoms with Crippen LogP contribution >= 0.6 is 11.6 Å². The van der Waals surface area contributed by atoms with E-state index < -0.39 is 5.60 Å². The van der Waals surface area contributed by atoms with Crippen LogP contribution in [0.25, 0.3) is 5.70 Å². The summed E-state index contributed by atoms with van der Waals surface area (Å²) in [6.07, 6.45) is 1.37. The average Bonchev–Trinajstić information content (AvgIpc) is 2.64. The number of carbonyl (C=O) groups is 1. The van der Waals surface area contributed by atoms with Crippen LogP contribution in [0.15, 0.2) is 35.8 Å². The third-order valence-corrected chi connectivity index (χ3v) is 4.57. The first-order valence-corrected chi connectivity index (χ1v) is 9.69. The molecule has 0 radical (unpaired) electrons. The number of benzene rings is 1. The van der Waals surface area contributed by atoms with Gasteiger partial charge in [0.1, 0.15) is 17.2 Å². The monoisotopic (exact) mass is 423 g/mol. The Morgan fingerprint density at radius 2 is 1.69 bits per heavy atom. The Balaban J connectivity index is 2.16. The summed E-state index contributed by atoms with van der Waals surface area (Å²) in [5, 5.41) is 0.536. The number of allylic oxidation sites excluding steroid dienone is 1. The van der Waals surface area contributed by atoms with Crippen molar-refractivity contribution >= 4 is 23.4 Å². The van der Waals surface area contributed by atoms with E-state index in [0.717, 1.165) is 0 Å². The first-order valence-electron chi connectivity index (χ1n) is 9.31. The molecule has 160 valence electrons. The number of piperazine rings is 1. The molecular weight excluding hydrogens is 394 g/mol. The van der Waals surface area contributed by atoms with Crippen molar-refractivity contribution in [3.8, 4) is 5.75 Å². The van der Waals surface area contributed by atoms with Crippen molar-refractivity contribution in [1.29, 1.82) is 0 Å². The third-order valence-electron chi connectivity index (χ3n) is 4.33. The van der Waals surface area contributed by atoms with Gasteiger partial charge in [-0.05, 0) is 45.0 Å². The predicted octanol–water partition coefficient (Wildman–Crippen LogP) is 2.29. The fourth-order valence-corrected chi connectivity index (χ4v) is 3.12. The first-order chi connectivity index (χ1) is 13.5. The van der Waals surface area contributed by atoms with Gasteiger partial charge >= 0.3 is 6.09 Å². The summed E-state index contributed by atoms with van der Waals surface area (Å²) in [6, 6.07) is 5.19. The quantitative estimate of drug-likeness (QED) is 0.635. The van der Waals surface area contributed by atoms with Crippen molar-refractivity contribution in [3.05, 3.63) is 46.4 Å². The molecule has 1 aliphatic heterocycles. The van der Waals surface area contributed by atoms with Crippen LogP contribution in [0.2, 0.25) is 5.02 Å². The number of halogens is 1. The van der Waals surface area contributed by atoms with Crippen LogP contribution < -0.4 is 21.9 Å². The molecule has 8 nitrogen and oxygen atoms in total. The van der Waals surface area contributed by atoms with E-state index in [1.165, 1.54) is 0 Å². The van der Waals surface area contributed by atoms with Gasteiger partial charge in [-0.15, -0.1) is 0 Å². The van der Waals surface area contributed by atoms with Gasteiger partial charge < -0.3 is 36.5 Å². The van der Waals surface area contributed by atoms with E-state index >= 15 is 0 Å². The first kappa shape index (κ1) is 22.5. The van der Waals surface area contributed by atoms with Crippen molar-refractivity contribution in [2.24, 2.45) is 17.2 Å². The average molecular weight is 424 g/mol. The lowest BCUT2D eigenvalue weighted by molar-refractivity contribution is 0.0170. The Labute approximate surface area is 176 Å². The van der Waals surface area contributed by atoms with Crippen LogP contribution in [0.1, 0.15) is 26.3 Å². The van der Waals surface area contributed by atoms with Gasteiger partial charge in [-0.25, -0.2) is 4.79 Å². The summed E-state index contributed by atoms with van der Waals surface area (Å²) in [5.74, 6) is 0.729. The fourth-order valence-electron chi connectivity index (χ4n) is 2.94. The topological polar surface area (TPSA) is 120 Å². The number of carbonyl (C=O) groups excluding carboxylic acids is 1. The standard InChI is InChI=1S/C20H30ClN5O3/c1-20(2,3)29-19(27)26-9-7-25(8-10-26)16(18(23)24)12-15(22)14-11-13(21)5-6-17(14)28-4/h5-6,11-12H,7-10,22-24H2,1-4H3/b15-12-. The van der Waals surface area contributed by atoms with E-state index in [1.807, 2.05) is 25.7 Å². The van der Waals surface area contributed by atoms with Crippen molar-refractivity contribution in [2.45, 2.75) is 26.4 Å². The van der Waals surface area contributed by atoms with Crippen LogP contribution in [0.4, 0.5) is 4.79 Å². The Bertz CT molecular complexity index is 805. The second-order valence-corrected chi connectivity index (χ2v) is 8.18. The van der Waals surface area contributed by atoms with Crippen LogP contribution in [-0.4, -0.2) is 54.8 Å². The van der Waals surface area contributed by atoms with Crippen LogP contribution in [0.5, 0.6) is 5.75 Å². The molecule has 0 aliphatic carbocycles. The Morgan fingerprint density at radius 1 is 1.10 bits per heavy atom. The molecule has 6 N–H and O–H groups in total. The molecule has 0 spiro atoms. The highest BCUT2D eigenvalue weighted by Crippen LogP contribution is 2.28. The molecule has 2 rings (SSSR count). The highest BCUT2D eigenvalue weighted by atomic mass is 35.5. The minimum Gasteiger partial charge on any atom is -0.496 e. The Hall–Kier alpha value is -2.74. The SMILES string of the molecule is COc1ccc(Cl)cc1/C(N)=C/C(=C(N)N)N1CCN(C(=O)OC(C)(C)C)CC1. The fraction of sp³-hybridized carbons (Fsp3) is 0.450. The molecule has 1 aromatic carbocycles. The van der Waals surface area contributed by atoms with Gasteiger partial charge in [0.05, 0.1) is 12.8 Å². The Kier molecular flexibility index (Phi) is 7.13. The summed E-state index contributed by atoms with van der Waals surface area (Å²) in [6.45, 7) is 7.59. The minimum atomic E-state index is -0.534. The molecule has 0 saturated carbocycles. The van der Waals surface area contributed by atoms with E-state index in [9.17, 15) is 4.79 Å². The lowest BCUT2D eigenvalue weighted by Crippen LogP contribution is -2.50. The lowest BCUT2D eigenvalue weighted by Gasteiger charge is -2.37. The van der Waals surface area contributed by atoms with Gasteiger partial charge in [-0.1, -0.05) is 11.6 Å². The molecule has 0 unspecified atom stereocenters. The van der Waals surface area contributed by atoms with E-state index in [0.29, 0.717) is 53.9 Å². The lowest BCUT2D eigenvalue weighted by atomic mass is 10.1. The molecule has 1 amide bonds. The minimum absolute atomic E-state index is 0.139. The van der Waals surface area contributed by atoms with Gasteiger partial charge in [0, 0.05) is 42.5 Å². The third kappa shape index (κ3) is 6.12. The summed E-state index contributed by atoms with van der Waals surface area (Å²) in [4.78, 5) is 15.9. The molecule has 29 heavy (non-hydrogen) atoms. The number of methoxy groups -OCH3 is 1. The zero-order valence-corrected chi connectivity index (χ0v) is 18.1. The smallest absolute Gasteiger partial charge is 0.410 e. The van der Waals surface area contributed by atoms with Gasteiger partial charge in [0.25, 0.3) is 0 Å². The van der Waals surface area contributed by atoms with Gasteiger partial charge in [0.2, 0.25) is 0 Å².